The van der Waals surface area contributed by atoms with Crippen molar-refractivity contribution in [1.82, 2.24) is 10.2 Å². The number of nitrogens with one attached hydrogen (secondary N) is 1. The molecule has 0 radical (unpaired) electrons. The van der Waals surface area contributed by atoms with Crippen LogP contribution in [0.5, 0.6) is 0 Å². The molecular weight excluding hydrogens is 334 g/mol. The van der Waals surface area contributed by atoms with Crippen molar-refractivity contribution in [2.24, 2.45) is 0 Å². The maximum absolute atomic E-state index is 12.4. The fourth-order valence-corrected chi connectivity index (χ4v) is 2.45. The van der Waals surface area contributed by atoms with Crippen LogP contribution in [-0.2, 0) is 14.3 Å². The van der Waals surface area contributed by atoms with Gasteiger partial charge < -0.3 is 10.1 Å². The molecule has 132 valence electrons. The number of nitrogens with zero attached hydrogens (tertiary/aromatic N) is 2. The van der Waals surface area contributed by atoms with E-state index in [0.717, 1.165) is 13.2 Å². The lowest BCUT2D eigenvalue weighted by Crippen LogP contribution is -2.53. The van der Waals surface area contributed by atoms with Gasteiger partial charge >= 0.3 is 5.97 Å². The zero-order chi connectivity index (χ0) is 18.9. The van der Waals surface area contributed by atoms with E-state index >= 15 is 0 Å². The van der Waals surface area contributed by atoms with E-state index in [4.69, 9.17) is 0 Å². The number of methoxy groups -OCH3 is 1. The number of ether oxygens (including phenoxy) is 1. The van der Waals surface area contributed by atoms with E-state index in [1.54, 1.807) is 0 Å². The predicted octanol–water partition coefficient (Wildman–Crippen LogP) is 0.259. The van der Waals surface area contributed by atoms with Crippen LogP contribution in [0, 0.1) is 10.1 Å². The Morgan fingerprint density at radius 1 is 1.28 bits per heavy atom. The normalized spacial score (nSPS) is 13.5. The fraction of sp³-hybridized carbons (Fsp3) is 0.333. The minimum atomic E-state index is -1.36. The first-order chi connectivity index (χ1) is 11.6. The number of hydrogen-bond donors (Lipinski definition) is 1. The maximum atomic E-state index is 12.4. The summed E-state index contributed by atoms with van der Waals surface area (Å²) in [6.07, 6.45) is 0. The molecule has 0 aliphatic carbocycles. The second kappa shape index (κ2) is 6.30. The minimum absolute atomic E-state index is 0.140. The van der Waals surface area contributed by atoms with Gasteiger partial charge in [-0.25, -0.2) is 4.79 Å². The molecule has 1 N–H and O–H groups in total. The molecular formula is C15H15N3O7. The number of carbonyl (C=O) groups is 4. The van der Waals surface area contributed by atoms with Gasteiger partial charge in [0.1, 0.15) is 17.6 Å². The maximum Gasteiger partial charge on any atom is 0.330 e. The van der Waals surface area contributed by atoms with Gasteiger partial charge in [0, 0.05) is 6.07 Å². The quantitative estimate of drug-likeness (QED) is 0.348. The summed E-state index contributed by atoms with van der Waals surface area (Å²) in [5, 5.41) is 13.4. The summed E-state index contributed by atoms with van der Waals surface area (Å²) in [7, 11) is 1.15. The highest BCUT2D eigenvalue weighted by Gasteiger charge is 2.42. The first kappa shape index (κ1) is 18.0. The average molecular weight is 349 g/mol. The van der Waals surface area contributed by atoms with Crippen molar-refractivity contribution in [1.29, 1.82) is 0 Å². The summed E-state index contributed by atoms with van der Waals surface area (Å²) < 4.78 is 4.54. The zero-order valence-corrected chi connectivity index (χ0v) is 13.7. The third-order valence-electron chi connectivity index (χ3n) is 3.62. The summed E-state index contributed by atoms with van der Waals surface area (Å²) in [6, 6.07) is 3.67. The van der Waals surface area contributed by atoms with Crippen molar-refractivity contribution in [3.63, 3.8) is 0 Å². The molecule has 0 fully saturated rings. The number of imide groups is 1. The number of carbonyl (C=O) groups excluding carboxylic acids is 4. The second-order valence-electron chi connectivity index (χ2n) is 5.82. The monoisotopic (exact) mass is 349 g/mol. The lowest BCUT2D eigenvalue weighted by molar-refractivity contribution is -0.385. The molecule has 1 aromatic rings. The SMILES string of the molecule is COC(=O)C(C)(C)NC(=O)CN1C(=O)c2cccc([N+](=O)[O-])c2C1=O. The Bertz CT molecular complexity index is 800. The molecule has 0 atom stereocenters. The first-order valence-corrected chi connectivity index (χ1v) is 7.13. The van der Waals surface area contributed by atoms with E-state index in [0.29, 0.717) is 4.90 Å². The topological polar surface area (TPSA) is 136 Å². The van der Waals surface area contributed by atoms with Crippen LogP contribution in [0.15, 0.2) is 18.2 Å². The number of nitro benzene ring substituents is 1. The lowest BCUT2D eigenvalue weighted by Gasteiger charge is -2.24. The van der Waals surface area contributed by atoms with Gasteiger partial charge in [0.15, 0.2) is 0 Å². The molecule has 0 unspecified atom stereocenters. The Balaban J connectivity index is 2.23. The highest BCUT2D eigenvalue weighted by molar-refractivity contribution is 6.24. The Morgan fingerprint density at radius 3 is 2.48 bits per heavy atom. The Labute approximate surface area is 141 Å². The van der Waals surface area contributed by atoms with Crippen LogP contribution >= 0.6 is 0 Å². The van der Waals surface area contributed by atoms with E-state index in [9.17, 15) is 29.3 Å². The van der Waals surface area contributed by atoms with Gasteiger partial charge in [-0.15, -0.1) is 0 Å². The summed E-state index contributed by atoms with van der Waals surface area (Å²) in [4.78, 5) is 59.2. The molecule has 25 heavy (non-hydrogen) atoms. The number of amides is 3. The van der Waals surface area contributed by atoms with Crippen molar-refractivity contribution < 1.29 is 28.8 Å². The van der Waals surface area contributed by atoms with Crippen molar-refractivity contribution in [3.05, 3.63) is 39.4 Å². The van der Waals surface area contributed by atoms with Gasteiger partial charge in [-0.2, -0.15) is 0 Å². The van der Waals surface area contributed by atoms with Gasteiger partial charge in [-0.3, -0.25) is 29.4 Å². The van der Waals surface area contributed by atoms with Crippen molar-refractivity contribution >= 4 is 29.4 Å². The van der Waals surface area contributed by atoms with Gasteiger partial charge in [0.05, 0.1) is 17.6 Å². The van der Waals surface area contributed by atoms with E-state index in [2.05, 4.69) is 10.1 Å². The number of esters is 1. The van der Waals surface area contributed by atoms with Crippen LogP contribution in [0.25, 0.3) is 0 Å². The van der Waals surface area contributed by atoms with Gasteiger partial charge in [-0.05, 0) is 19.9 Å². The van der Waals surface area contributed by atoms with E-state index in [1.165, 1.54) is 26.0 Å². The van der Waals surface area contributed by atoms with Crippen LogP contribution < -0.4 is 5.32 Å². The molecule has 10 heteroatoms. The zero-order valence-electron chi connectivity index (χ0n) is 13.7. The first-order valence-electron chi connectivity index (χ1n) is 7.13. The van der Waals surface area contributed by atoms with Crippen LogP contribution in [-0.4, -0.2) is 52.7 Å². The number of fused-ring (bicyclic) bond motifs is 1. The highest BCUT2D eigenvalue weighted by Crippen LogP contribution is 2.30. The van der Waals surface area contributed by atoms with Gasteiger partial charge in [-0.1, -0.05) is 6.07 Å². The second-order valence-corrected chi connectivity index (χ2v) is 5.82. The van der Waals surface area contributed by atoms with Crippen molar-refractivity contribution in [2.45, 2.75) is 19.4 Å². The van der Waals surface area contributed by atoms with E-state index in [-0.39, 0.29) is 11.1 Å². The van der Waals surface area contributed by atoms with Crippen LogP contribution in [0.1, 0.15) is 34.6 Å². The molecule has 10 nitrogen and oxygen atoms in total. The van der Waals surface area contributed by atoms with Crippen LogP contribution in [0.2, 0.25) is 0 Å². The third kappa shape index (κ3) is 3.18. The molecule has 1 aromatic carbocycles. The van der Waals surface area contributed by atoms with Crippen molar-refractivity contribution in [3.8, 4) is 0 Å². The lowest BCUT2D eigenvalue weighted by atomic mass is 10.1. The molecule has 0 spiro atoms. The number of rotatable bonds is 5. The Hall–Kier alpha value is -3.30. The summed E-state index contributed by atoms with van der Waals surface area (Å²) >= 11 is 0. The molecule has 0 aromatic heterocycles. The Kier molecular flexibility index (Phi) is 4.55. The molecule has 1 aliphatic heterocycles. The summed E-state index contributed by atoms with van der Waals surface area (Å²) in [5.74, 6) is -3.24. The van der Waals surface area contributed by atoms with E-state index in [1.807, 2.05) is 0 Å². The number of hydrogen-bond acceptors (Lipinski definition) is 7. The molecule has 1 heterocycles. The molecule has 0 saturated heterocycles. The smallest absolute Gasteiger partial charge is 0.330 e. The van der Waals surface area contributed by atoms with Crippen LogP contribution in [0.3, 0.4) is 0 Å². The van der Waals surface area contributed by atoms with Crippen LogP contribution in [0.4, 0.5) is 5.69 Å². The fourth-order valence-electron chi connectivity index (χ4n) is 2.45. The molecule has 2 rings (SSSR count). The third-order valence-corrected chi connectivity index (χ3v) is 3.62. The Morgan fingerprint density at radius 2 is 1.92 bits per heavy atom. The molecule has 1 aliphatic rings. The minimum Gasteiger partial charge on any atom is -0.467 e. The number of nitro groups is 1. The number of benzene rings is 1. The highest BCUT2D eigenvalue weighted by atomic mass is 16.6. The molecule has 0 saturated carbocycles. The van der Waals surface area contributed by atoms with Gasteiger partial charge in [0.2, 0.25) is 5.91 Å². The summed E-state index contributed by atoms with van der Waals surface area (Å²) in [5.41, 5.74) is -2.36. The molecule has 0 bridgehead atoms. The molecule has 3 amide bonds. The average Bonchev–Trinajstić information content (AvgIpc) is 2.78. The standard InChI is InChI=1S/C15H15N3O7/c1-15(2,14(22)25-3)16-10(19)7-17-12(20)8-5-4-6-9(18(23)24)11(8)13(17)21/h4-6H,7H2,1-3H3,(H,16,19). The largest absolute Gasteiger partial charge is 0.467 e. The van der Waals surface area contributed by atoms with Gasteiger partial charge in [0.25, 0.3) is 17.5 Å². The van der Waals surface area contributed by atoms with Crippen molar-refractivity contribution in [2.75, 3.05) is 13.7 Å². The predicted molar refractivity (Wildman–Crippen MR) is 82.7 cm³/mol. The van der Waals surface area contributed by atoms with E-state index < -0.39 is 46.4 Å². The summed E-state index contributed by atoms with van der Waals surface area (Å²) in [6.45, 7) is 2.11.